The van der Waals surface area contributed by atoms with Crippen LogP contribution in [0.2, 0.25) is 0 Å². The second kappa shape index (κ2) is 16.0. The van der Waals surface area contributed by atoms with Gasteiger partial charge < -0.3 is 25.4 Å². The van der Waals surface area contributed by atoms with Crippen molar-refractivity contribution in [3.8, 4) is 0 Å². The van der Waals surface area contributed by atoms with Gasteiger partial charge in [-0.15, -0.1) is 0 Å². The molecule has 0 bridgehead atoms. The van der Waals surface area contributed by atoms with Crippen LogP contribution in [0.15, 0.2) is 0 Å². The molecule has 0 aromatic rings. The van der Waals surface area contributed by atoms with Crippen molar-refractivity contribution in [2.24, 2.45) is 33.0 Å². The SMILES string of the molecule is CCC(C)(C(CC(C)(C)C)C(=O)NC(C)(C)CC(C)=O)C(C)(C)CC(C)(C(=O)OCC(O)CS(=O)CC(O)CO)C(C)(C)C. The minimum atomic E-state index is -1.60. The van der Waals surface area contributed by atoms with E-state index in [-0.39, 0.29) is 41.6 Å². The lowest BCUT2D eigenvalue weighted by molar-refractivity contribution is -0.171. The number of aliphatic hydroxyl groups excluding tert-OH is 3. The van der Waals surface area contributed by atoms with Crippen LogP contribution >= 0.6 is 0 Å². The van der Waals surface area contributed by atoms with Crippen molar-refractivity contribution in [3.63, 3.8) is 0 Å². The van der Waals surface area contributed by atoms with Crippen LogP contribution in [0.5, 0.6) is 0 Å². The summed E-state index contributed by atoms with van der Waals surface area (Å²) in [5, 5.41) is 32.1. The maximum atomic E-state index is 14.1. The predicted molar refractivity (Wildman–Crippen MR) is 177 cm³/mol. The van der Waals surface area contributed by atoms with Gasteiger partial charge in [-0.25, -0.2) is 0 Å². The highest BCUT2D eigenvalue weighted by Gasteiger charge is 2.56. The summed E-state index contributed by atoms with van der Waals surface area (Å²) < 4.78 is 17.9. The Hall–Kier alpha value is -1.36. The Kier molecular flexibility index (Phi) is 15.5. The topological polar surface area (TPSA) is 150 Å². The molecule has 6 atom stereocenters. The number of ketones is 1. The molecule has 0 radical (unpaired) electrons. The smallest absolute Gasteiger partial charge is 0.312 e. The molecule has 10 heteroatoms. The molecule has 0 rings (SSSR count). The van der Waals surface area contributed by atoms with Crippen LogP contribution in [-0.4, -0.2) is 79.7 Å². The van der Waals surface area contributed by atoms with Gasteiger partial charge in [-0.3, -0.25) is 18.6 Å². The largest absolute Gasteiger partial charge is 0.462 e. The third-order valence-electron chi connectivity index (χ3n) is 9.61. The fraction of sp³-hybridized carbons (Fsp3) is 0.912. The molecule has 260 valence electrons. The molecule has 1 amide bonds. The van der Waals surface area contributed by atoms with Crippen molar-refractivity contribution in [3.05, 3.63) is 0 Å². The summed E-state index contributed by atoms with van der Waals surface area (Å²) in [6.07, 6.45) is -0.449. The molecule has 0 aliphatic rings. The molecule has 0 aliphatic carbocycles. The monoisotopic (exact) mass is 647 g/mol. The minimum Gasteiger partial charge on any atom is -0.462 e. The molecule has 9 nitrogen and oxygen atoms in total. The molecule has 0 spiro atoms. The van der Waals surface area contributed by atoms with Gasteiger partial charge in [-0.05, 0) is 68.6 Å². The fourth-order valence-electron chi connectivity index (χ4n) is 6.16. The molecule has 0 aliphatic heterocycles. The van der Waals surface area contributed by atoms with Gasteiger partial charge in [-0.1, -0.05) is 69.2 Å². The van der Waals surface area contributed by atoms with Crippen molar-refractivity contribution in [2.75, 3.05) is 24.7 Å². The number of Topliss-reactive ketones (excluding diaryl/α,β-unsaturated/α-hetero) is 1. The molecule has 44 heavy (non-hydrogen) atoms. The third kappa shape index (κ3) is 12.4. The van der Waals surface area contributed by atoms with Crippen molar-refractivity contribution < 1.29 is 38.6 Å². The zero-order chi connectivity index (χ0) is 35.1. The maximum absolute atomic E-state index is 14.1. The standard InChI is InChI=1S/C34H65NO8S/c1-15-33(13,26(17-29(3,4)5)27(40)35-32(11,12)16-23(2)37)31(9,10)22-34(14,30(6,7)8)28(41)43-19-25(39)21-44(42)20-24(38)18-36/h24-26,36,38-39H,15-22H2,1-14H3,(H,35,40). The number of hydrogen-bond donors (Lipinski definition) is 4. The summed E-state index contributed by atoms with van der Waals surface area (Å²) in [5.74, 6) is -1.39. The van der Waals surface area contributed by atoms with Gasteiger partial charge in [0, 0.05) is 28.7 Å². The van der Waals surface area contributed by atoms with Gasteiger partial charge in [0.1, 0.15) is 12.4 Å². The summed E-state index contributed by atoms with van der Waals surface area (Å²) in [6, 6.07) is 0. The molecule has 0 saturated carbocycles. The lowest BCUT2D eigenvalue weighted by Gasteiger charge is -2.54. The van der Waals surface area contributed by atoms with Crippen LogP contribution in [0.25, 0.3) is 0 Å². The Morgan fingerprint density at radius 3 is 1.77 bits per heavy atom. The lowest BCUT2D eigenvalue weighted by atomic mass is 9.50. The van der Waals surface area contributed by atoms with E-state index in [4.69, 9.17) is 9.84 Å². The number of amides is 1. The van der Waals surface area contributed by atoms with Crippen molar-refractivity contribution in [2.45, 2.75) is 140 Å². The summed E-state index contributed by atoms with van der Waals surface area (Å²) in [6.45, 7) is 26.9. The summed E-state index contributed by atoms with van der Waals surface area (Å²) >= 11 is 0. The van der Waals surface area contributed by atoms with Crippen LogP contribution < -0.4 is 5.32 Å². The Balaban J connectivity index is 6.41. The quantitative estimate of drug-likeness (QED) is 0.155. The number of ether oxygens (including phenoxy) is 1. The first-order chi connectivity index (χ1) is 19.6. The van der Waals surface area contributed by atoms with E-state index in [1.165, 1.54) is 6.92 Å². The number of hydrogen-bond acceptors (Lipinski definition) is 8. The summed E-state index contributed by atoms with van der Waals surface area (Å²) in [4.78, 5) is 39.9. The first-order valence-corrected chi connectivity index (χ1v) is 17.4. The van der Waals surface area contributed by atoms with Gasteiger partial charge in [0.05, 0.1) is 35.7 Å². The van der Waals surface area contributed by atoms with Gasteiger partial charge >= 0.3 is 5.97 Å². The zero-order valence-corrected chi connectivity index (χ0v) is 31.0. The maximum Gasteiger partial charge on any atom is 0.312 e. The molecule has 0 aromatic heterocycles. The van der Waals surface area contributed by atoms with Crippen LogP contribution in [0.4, 0.5) is 0 Å². The fourth-order valence-corrected chi connectivity index (χ4v) is 7.36. The van der Waals surface area contributed by atoms with Crippen LogP contribution in [0, 0.1) is 33.0 Å². The van der Waals surface area contributed by atoms with E-state index in [1.54, 1.807) is 0 Å². The Morgan fingerprint density at radius 2 is 1.36 bits per heavy atom. The highest BCUT2D eigenvalue weighted by Crippen LogP contribution is 2.58. The number of aliphatic hydroxyl groups is 3. The van der Waals surface area contributed by atoms with Gasteiger partial charge in [0.15, 0.2) is 0 Å². The van der Waals surface area contributed by atoms with E-state index in [9.17, 15) is 28.8 Å². The van der Waals surface area contributed by atoms with Gasteiger partial charge in [0.2, 0.25) is 5.91 Å². The lowest BCUT2D eigenvalue weighted by Crippen LogP contribution is -2.56. The molecule has 0 heterocycles. The average molecular weight is 648 g/mol. The number of carbonyl (C=O) groups is 3. The number of nitrogens with one attached hydrogen (secondary N) is 1. The number of esters is 1. The Labute approximate surface area is 270 Å². The zero-order valence-electron chi connectivity index (χ0n) is 30.2. The second-order valence-corrected chi connectivity index (χ2v) is 18.4. The van der Waals surface area contributed by atoms with E-state index >= 15 is 0 Å². The van der Waals surface area contributed by atoms with Crippen molar-refractivity contribution in [1.82, 2.24) is 5.32 Å². The number of carbonyl (C=O) groups excluding carboxylic acids is 3. The van der Waals surface area contributed by atoms with Crippen molar-refractivity contribution >= 4 is 28.5 Å². The number of rotatable bonds is 18. The molecule has 0 saturated heterocycles. The molecule has 0 fully saturated rings. The molecule has 0 aromatic carbocycles. The van der Waals surface area contributed by atoms with Gasteiger partial charge in [0.25, 0.3) is 0 Å². The van der Waals surface area contributed by atoms with E-state index in [1.807, 2.05) is 41.5 Å². The van der Waals surface area contributed by atoms with Gasteiger partial charge in [-0.2, -0.15) is 0 Å². The molecule has 4 N–H and O–H groups in total. The summed E-state index contributed by atoms with van der Waals surface area (Å²) in [5.41, 5.74) is -3.57. The molecular formula is C34H65NO8S. The summed E-state index contributed by atoms with van der Waals surface area (Å²) in [7, 11) is -1.60. The normalized spacial score (nSPS) is 18.8. The van der Waals surface area contributed by atoms with Crippen LogP contribution in [-0.2, 0) is 29.9 Å². The van der Waals surface area contributed by atoms with Crippen LogP contribution in [0.3, 0.4) is 0 Å². The van der Waals surface area contributed by atoms with E-state index < -0.39 is 68.7 Å². The van der Waals surface area contributed by atoms with E-state index in [0.29, 0.717) is 19.3 Å². The first kappa shape index (κ1) is 42.6. The Morgan fingerprint density at radius 1 is 0.864 bits per heavy atom. The van der Waals surface area contributed by atoms with Crippen molar-refractivity contribution in [1.29, 1.82) is 0 Å². The third-order valence-corrected chi connectivity index (χ3v) is 11.1. The second-order valence-electron chi connectivity index (χ2n) is 16.8. The molecular weight excluding hydrogens is 582 g/mol. The van der Waals surface area contributed by atoms with E-state index in [2.05, 4.69) is 53.8 Å². The average Bonchev–Trinajstić information content (AvgIpc) is 2.82. The Bertz CT molecular complexity index is 996. The predicted octanol–water partition coefficient (Wildman–Crippen LogP) is 4.80. The van der Waals surface area contributed by atoms with E-state index in [0.717, 1.165) is 0 Å². The van der Waals surface area contributed by atoms with Crippen LogP contribution in [0.1, 0.15) is 123 Å². The minimum absolute atomic E-state index is 0.000166. The highest BCUT2D eigenvalue weighted by molar-refractivity contribution is 7.85. The highest BCUT2D eigenvalue weighted by atomic mass is 32.2. The molecule has 6 unspecified atom stereocenters. The first-order valence-electron chi connectivity index (χ1n) is 15.9.